The molecule has 0 saturated carbocycles. The molecule has 4 atom stereocenters. The van der Waals surface area contributed by atoms with Gasteiger partial charge in [0.2, 0.25) is 5.91 Å². The van der Waals surface area contributed by atoms with E-state index in [-0.39, 0.29) is 0 Å². The predicted molar refractivity (Wildman–Crippen MR) is 343 cm³/mol. The summed E-state index contributed by atoms with van der Waals surface area (Å²) in [5, 5.41) is 44.2. The van der Waals surface area contributed by atoms with Gasteiger partial charge in [-0.3, -0.25) is 4.79 Å². The molecule has 5 N–H and O–H groups in total. The lowest BCUT2D eigenvalue weighted by Gasteiger charge is -2.27. The second kappa shape index (κ2) is 65.8. The highest BCUT2D eigenvalue weighted by atomic mass is 16.3. The number of rotatable bonds is 64. The SMILES string of the molecule is CCCCCCCCCCC/C=C\C/C=C\CCCCCCCCCCCCCCCCC(O)C(=O)NC(CO)C(O)C(O)CCC/C=C/CC/C=C/CC/C=C/CCCCCCCCCCCCCCCCCCCCC. The Kier molecular flexibility index (Phi) is 64.1. The molecule has 0 fully saturated rings. The zero-order chi connectivity index (χ0) is 56.6. The lowest BCUT2D eigenvalue weighted by molar-refractivity contribution is -0.132. The first-order valence-electron chi connectivity index (χ1n) is 34.7. The summed E-state index contributed by atoms with van der Waals surface area (Å²) in [5.74, 6) is -0.597. The normalized spacial score (nSPS) is 13.9. The van der Waals surface area contributed by atoms with Crippen LogP contribution in [0.1, 0.15) is 361 Å². The van der Waals surface area contributed by atoms with Gasteiger partial charge in [-0.2, -0.15) is 0 Å². The fourth-order valence-corrected chi connectivity index (χ4v) is 10.8. The van der Waals surface area contributed by atoms with Gasteiger partial charge in [0.05, 0.1) is 18.8 Å². The van der Waals surface area contributed by atoms with Crippen LogP contribution in [0.15, 0.2) is 60.8 Å². The van der Waals surface area contributed by atoms with Crippen LogP contribution in [0.4, 0.5) is 0 Å². The number of allylic oxidation sites excluding steroid dienone is 10. The highest BCUT2D eigenvalue weighted by Gasteiger charge is 2.28. The molecule has 0 aromatic heterocycles. The summed E-state index contributed by atoms with van der Waals surface area (Å²) in [7, 11) is 0. The Labute approximate surface area is 486 Å². The van der Waals surface area contributed by atoms with Crippen molar-refractivity contribution in [2.45, 2.75) is 385 Å². The Morgan fingerprint density at radius 2 is 0.577 bits per heavy atom. The van der Waals surface area contributed by atoms with Gasteiger partial charge in [0.25, 0.3) is 0 Å². The minimum absolute atomic E-state index is 0.357. The van der Waals surface area contributed by atoms with E-state index in [2.05, 4.69) is 79.9 Å². The summed E-state index contributed by atoms with van der Waals surface area (Å²) in [5.41, 5.74) is 0. The van der Waals surface area contributed by atoms with Crippen molar-refractivity contribution in [3.8, 4) is 0 Å². The highest BCUT2D eigenvalue weighted by Crippen LogP contribution is 2.18. The molecule has 0 bridgehead atoms. The minimum Gasteiger partial charge on any atom is -0.394 e. The third kappa shape index (κ3) is 58.7. The van der Waals surface area contributed by atoms with Crippen LogP contribution >= 0.6 is 0 Å². The standard InChI is InChI=1S/C72H135NO5/c1-3-5-7-9-11-13-15-17-19-21-23-25-27-29-31-33-35-36-38-39-41-43-45-47-49-51-53-55-57-59-61-63-65-69(75)71(77)68(67-74)73-72(78)70(76)66-64-62-60-58-56-54-52-50-48-46-44-42-40-37-34-32-30-28-26-24-22-20-18-16-14-12-10-8-6-4-2/h24,26,30,32,41,43,49,51,57,59,68-71,74-77H,3-23,25,27-29,31,33-40,42,44-48,50,52-56,58,60-67H2,1-2H3,(H,73,78)/b26-24-,32-30-,43-41+,51-49+,59-57+. The van der Waals surface area contributed by atoms with E-state index in [9.17, 15) is 25.2 Å². The number of carbonyl (C=O) groups excluding carboxylic acids is 1. The summed E-state index contributed by atoms with van der Waals surface area (Å²) < 4.78 is 0. The van der Waals surface area contributed by atoms with Gasteiger partial charge >= 0.3 is 0 Å². The topological polar surface area (TPSA) is 110 Å². The summed E-state index contributed by atoms with van der Waals surface area (Å²) in [6.07, 6.45) is 87.7. The van der Waals surface area contributed by atoms with Gasteiger partial charge in [0.1, 0.15) is 12.2 Å². The fraction of sp³-hybridized carbons (Fsp3) is 0.847. The van der Waals surface area contributed by atoms with E-state index in [1.807, 2.05) is 0 Å². The van der Waals surface area contributed by atoms with Crippen LogP contribution in [0.5, 0.6) is 0 Å². The largest absolute Gasteiger partial charge is 0.394 e. The monoisotopic (exact) mass is 1090 g/mol. The van der Waals surface area contributed by atoms with Gasteiger partial charge < -0.3 is 25.7 Å². The maximum Gasteiger partial charge on any atom is 0.249 e. The number of nitrogens with one attached hydrogen (secondary N) is 1. The molecule has 78 heavy (non-hydrogen) atoms. The van der Waals surface area contributed by atoms with Crippen molar-refractivity contribution in [2.24, 2.45) is 0 Å². The van der Waals surface area contributed by atoms with E-state index >= 15 is 0 Å². The highest BCUT2D eigenvalue weighted by molar-refractivity contribution is 5.80. The van der Waals surface area contributed by atoms with Crippen molar-refractivity contribution in [3.63, 3.8) is 0 Å². The maximum absolute atomic E-state index is 12.7. The lowest BCUT2D eigenvalue weighted by Crippen LogP contribution is -2.53. The third-order valence-electron chi connectivity index (χ3n) is 16.2. The van der Waals surface area contributed by atoms with Crippen LogP contribution in [0, 0.1) is 0 Å². The van der Waals surface area contributed by atoms with Crippen molar-refractivity contribution in [2.75, 3.05) is 6.61 Å². The van der Waals surface area contributed by atoms with E-state index in [4.69, 9.17) is 0 Å². The van der Waals surface area contributed by atoms with E-state index < -0.39 is 36.9 Å². The van der Waals surface area contributed by atoms with Crippen molar-refractivity contribution >= 4 is 5.91 Å². The smallest absolute Gasteiger partial charge is 0.249 e. The minimum atomic E-state index is -1.30. The van der Waals surface area contributed by atoms with E-state index in [1.165, 1.54) is 270 Å². The van der Waals surface area contributed by atoms with Crippen LogP contribution in [0.2, 0.25) is 0 Å². The Hall–Kier alpha value is -1.99. The van der Waals surface area contributed by atoms with E-state index in [1.54, 1.807) is 0 Å². The number of hydrogen-bond donors (Lipinski definition) is 5. The summed E-state index contributed by atoms with van der Waals surface area (Å²) in [6, 6.07) is -1.02. The van der Waals surface area contributed by atoms with Gasteiger partial charge in [-0.05, 0) is 96.3 Å². The number of aliphatic hydroxyl groups excluding tert-OH is 4. The first-order valence-corrected chi connectivity index (χ1v) is 34.7. The van der Waals surface area contributed by atoms with Crippen molar-refractivity contribution in [1.82, 2.24) is 5.32 Å². The Morgan fingerprint density at radius 3 is 0.885 bits per heavy atom. The molecule has 0 aliphatic carbocycles. The molecule has 0 aliphatic heterocycles. The molecule has 0 rings (SSSR count). The van der Waals surface area contributed by atoms with Crippen molar-refractivity contribution in [3.05, 3.63) is 60.8 Å². The molecule has 0 saturated heterocycles. The first-order chi connectivity index (χ1) is 38.5. The molecule has 0 spiro atoms. The molecule has 0 heterocycles. The molecule has 1 amide bonds. The Bertz CT molecular complexity index is 1320. The number of hydrogen-bond acceptors (Lipinski definition) is 5. The quantitative estimate of drug-likeness (QED) is 0.0308. The molecule has 458 valence electrons. The third-order valence-corrected chi connectivity index (χ3v) is 16.2. The zero-order valence-corrected chi connectivity index (χ0v) is 52.2. The Morgan fingerprint density at radius 1 is 0.321 bits per heavy atom. The number of carbonyl (C=O) groups is 1. The fourth-order valence-electron chi connectivity index (χ4n) is 10.8. The van der Waals surface area contributed by atoms with Gasteiger partial charge in [-0.15, -0.1) is 0 Å². The van der Waals surface area contributed by atoms with Gasteiger partial charge in [-0.25, -0.2) is 0 Å². The average Bonchev–Trinajstić information content (AvgIpc) is 3.45. The molecule has 4 unspecified atom stereocenters. The zero-order valence-electron chi connectivity index (χ0n) is 52.2. The van der Waals surface area contributed by atoms with Crippen molar-refractivity contribution < 1.29 is 25.2 Å². The van der Waals surface area contributed by atoms with Crippen LogP contribution in [-0.2, 0) is 4.79 Å². The summed E-state index contributed by atoms with van der Waals surface area (Å²) in [6.45, 7) is 4.08. The number of unbranched alkanes of at least 4 members (excludes halogenated alkanes) is 45. The van der Waals surface area contributed by atoms with Crippen LogP contribution < -0.4 is 5.32 Å². The molecular weight excluding hydrogens is 959 g/mol. The molecule has 0 aromatic rings. The second-order valence-corrected chi connectivity index (χ2v) is 23.8. The molecule has 6 nitrogen and oxygen atoms in total. The van der Waals surface area contributed by atoms with Gasteiger partial charge in [-0.1, -0.05) is 325 Å². The predicted octanol–water partition coefficient (Wildman–Crippen LogP) is 21.4. The first kappa shape index (κ1) is 76.0. The number of aliphatic hydroxyl groups is 4. The average molecular weight is 1090 g/mol. The van der Waals surface area contributed by atoms with E-state index in [0.29, 0.717) is 19.3 Å². The lowest BCUT2D eigenvalue weighted by atomic mass is 10.00. The van der Waals surface area contributed by atoms with Crippen molar-refractivity contribution in [1.29, 1.82) is 0 Å². The summed E-state index contributed by atoms with van der Waals surface area (Å²) >= 11 is 0. The second-order valence-electron chi connectivity index (χ2n) is 23.8. The van der Waals surface area contributed by atoms with Crippen LogP contribution in [-0.4, -0.2) is 57.3 Å². The Balaban J connectivity index is 3.64. The molecule has 0 radical (unpaired) electrons. The molecule has 0 aliphatic rings. The maximum atomic E-state index is 12.7. The molecular formula is C72H135NO5. The van der Waals surface area contributed by atoms with Crippen LogP contribution in [0.3, 0.4) is 0 Å². The summed E-state index contributed by atoms with van der Waals surface area (Å²) in [4.78, 5) is 12.7. The molecule has 6 heteroatoms. The van der Waals surface area contributed by atoms with Crippen LogP contribution in [0.25, 0.3) is 0 Å². The van der Waals surface area contributed by atoms with Gasteiger partial charge in [0, 0.05) is 0 Å². The number of amides is 1. The van der Waals surface area contributed by atoms with Gasteiger partial charge in [0.15, 0.2) is 0 Å². The van der Waals surface area contributed by atoms with E-state index in [0.717, 1.165) is 57.8 Å². The molecule has 0 aromatic carbocycles.